The Balaban J connectivity index is 0.00000140. The third kappa shape index (κ3) is 4.68. The van der Waals surface area contributed by atoms with Crippen molar-refractivity contribution in [2.75, 3.05) is 57.8 Å². The molecule has 4 rings (SSSR count). The van der Waals surface area contributed by atoms with Crippen LogP contribution in [0.1, 0.15) is 19.3 Å². The number of rotatable bonds is 2. The Hall–Kier alpha value is -0.790. The van der Waals surface area contributed by atoms with Gasteiger partial charge in [-0.05, 0) is 56.9 Å². The molecule has 3 fully saturated rings. The second-order valence-electron chi connectivity index (χ2n) is 8.01. The highest BCUT2D eigenvalue weighted by molar-refractivity contribution is 6.32. The van der Waals surface area contributed by atoms with E-state index in [-0.39, 0.29) is 30.9 Å². The van der Waals surface area contributed by atoms with Crippen LogP contribution in [-0.4, -0.2) is 79.6 Å². The van der Waals surface area contributed by atoms with E-state index in [9.17, 15) is 4.79 Å². The first kappa shape index (κ1) is 23.5. The summed E-state index contributed by atoms with van der Waals surface area (Å²) in [4.78, 5) is 24.1. The van der Waals surface area contributed by atoms with E-state index in [1.54, 1.807) is 6.20 Å². The standard InChI is InChI=1S/C19H28ClN5O.2ClH/c1-23-14-19(4-7-21-8-5-19)13-16(23)18(26)25-11-9-24(10-12-25)17-15(20)3-2-6-22-17;;/h2-3,6,16,21H,4-5,7-14H2,1H3;2*1H. The minimum Gasteiger partial charge on any atom is -0.352 e. The van der Waals surface area contributed by atoms with Gasteiger partial charge in [0.15, 0.2) is 0 Å². The molecule has 1 atom stereocenters. The van der Waals surface area contributed by atoms with E-state index < -0.39 is 0 Å². The van der Waals surface area contributed by atoms with Gasteiger partial charge in [0.2, 0.25) is 5.91 Å². The minimum atomic E-state index is 0. The molecular weight excluding hydrogens is 421 g/mol. The van der Waals surface area contributed by atoms with Crippen LogP contribution in [0.3, 0.4) is 0 Å². The molecule has 1 N–H and O–H groups in total. The molecule has 9 heteroatoms. The van der Waals surface area contributed by atoms with Gasteiger partial charge in [0.05, 0.1) is 11.1 Å². The molecule has 1 aromatic heterocycles. The smallest absolute Gasteiger partial charge is 0.240 e. The lowest BCUT2D eigenvalue weighted by Crippen LogP contribution is -2.53. The van der Waals surface area contributed by atoms with Gasteiger partial charge in [-0.15, -0.1) is 24.8 Å². The zero-order valence-electron chi connectivity index (χ0n) is 16.3. The molecule has 1 aromatic rings. The maximum Gasteiger partial charge on any atom is 0.240 e. The number of hydrogen-bond acceptors (Lipinski definition) is 5. The van der Waals surface area contributed by atoms with Crippen molar-refractivity contribution in [3.63, 3.8) is 0 Å². The summed E-state index contributed by atoms with van der Waals surface area (Å²) < 4.78 is 0. The van der Waals surface area contributed by atoms with E-state index in [2.05, 4.69) is 27.1 Å². The van der Waals surface area contributed by atoms with E-state index in [4.69, 9.17) is 11.6 Å². The van der Waals surface area contributed by atoms with Crippen molar-refractivity contribution < 1.29 is 4.79 Å². The fraction of sp³-hybridized carbons (Fsp3) is 0.684. The van der Waals surface area contributed by atoms with E-state index in [0.717, 1.165) is 58.1 Å². The van der Waals surface area contributed by atoms with E-state index in [1.807, 2.05) is 17.0 Å². The molecular formula is C19H30Cl3N5O. The van der Waals surface area contributed by atoms with Gasteiger partial charge in [-0.2, -0.15) is 0 Å². The summed E-state index contributed by atoms with van der Waals surface area (Å²) >= 11 is 6.27. The molecule has 3 aliphatic rings. The Kier molecular flexibility index (Phi) is 8.23. The van der Waals surface area contributed by atoms with Crippen molar-refractivity contribution in [2.45, 2.75) is 25.3 Å². The number of pyridine rings is 1. The Morgan fingerprint density at radius 1 is 1.21 bits per heavy atom. The van der Waals surface area contributed by atoms with Crippen molar-refractivity contribution >= 4 is 48.1 Å². The molecule has 1 spiro atoms. The number of likely N-dealkylation sites (N-methyl/N-ethyl adjacent to an activating group) is 1. The second kappa shape index (κ2) is 9.81. The Morgan fingerprint density at radius 2 is 1.89 bits per heavy atom. The van der Waals surface area contributed by atoms with Gasteiger partial charge in [0, 0.05) is 38.9 Å². The van der Waals surface area contributed by atoms with E-state index >= 15 is 0 Å². The largest absolute Gasteiger partial charge is 0.352 e. The number of amides is 1. The van der Waals surface area contributed by atoms with Gasteiger partial charge < -0.3 is 15.1 Å². The predicted molar refractivity (Wildman–Crippen MR) is 118 cm³/mol. The van der Waals surface area contributed by atoms with Crippen molar-refractivity contribution in [3.8, 4) is 0 Å². The molecule has 3 aliphatic heterocycles. The summed E-state index contributed by atoms with van der Waals surface area (Å²) in [5.41, 5.74) is 0.337. The predicted octanol–water partition coefficient (Wildman–Crippen LogP) is 2.30. The van der Waals surface area contributed by atoms with Crippen LogP contribution in [0, 0.1) is 5.41 Å². The monoisotopic (exact) mass is 449 g/mol. The number of piperidine rings is 1. The third-order valence-corrected chi connectivity index (χ3v) is 6.62. The SMILES string of the molecule is CN1CC2(CCNCC2)CC1C(=O)N1CCN(c2ncccc2Cl)CC1.Cl.Cl. The normalized spacial score (nSPS) is 24.6. The number of halogens is 3. The van der Waals surface area contributed by atoms with Gasteiger partial charge in [-0.1, -0.05) is 11.6 Å². The summed E-state index contributed by atoms with van der Waals surface area (Å²) in [6, 6.07) is 3.75. The van der Waals surface area contributed by atoms with Crippen molar-refractivity contribution in [1.82, 2.24) is 20.1 Å². The summed E-state index contributed by atoms with van der Waals surface area (Å²) in [5.74, 6) is 1.13. The zero-order valence-corrected chi connectivity index (χ0v) is 18.7. The highest BCUT2D eigenvalue weighted by atomic mass is 35.5. The van der Waals surface area contributed by atoms with Gasteiger partial charge in [-0.25, -0.2) is 4.98 Å². The quantitative estimate of drug-likeness (QED) is 0.749. The van der Waals surface area contributed by atoms with Crippen LogP contribution in [0.4, 0.5) is 5.82 Å². The number of likely N-dealkylation sites (tertiary alicyclic amines) is 1. The van der Waals surface area contributed by atoms with Gasteiger partial charge in [-0.3, -0.25) is 9.69 Å². The van der Waals surface area contributed by atoms with Gasteiger partial charge in [0.1, 0.15) is 5.82 Å². The summed E-state index contributed by atoms with van der Waals surface area (Å²) in [6.45, 7) is 6.27. The number of anilines is 1. The van der Waals surface area contributed by atoms with Crippen LogP contribution in [0.15, 0.2) is 18.3 Å². The van der Waals surface area contributed by atoms with Crippen LogP contribution in [0.25, 0.3) is 0 Å². The fourth-order valence-corrected chi connectivity index (χ4v) is 5.07. The summed E-state index contributed by atoms with van der Waals surface area (Å²) in [7, 11) is 2.11. The molecule has 0 radical (unpaired) electrons. The Bertz CT molecular complexity index is 663. The maximum absolute atomic E-state index is 13.2. The summed E-state index contributed by atoms with van der Waals surface area (Å²) in [5, 5.41) is 4.12. The Labute approximate surface area is 184 Å². The van der Waals surface area contributed by atoms with Gasteiger partial charge >= 0.3 is 0 Å². The average molecular weight is 451 g/mol. The van der Waals surface area contributed by atoms with Crippen LogP contribution in [0.5, 0.6) is 0 Å². The molecule has 158 valence electrons. The number of nitrogens with zero attached hydrogens (tertiary/aromatic N) is 4. The zero-order chi connectivity index (χ0) is 18.1. The minimum absolute atomic E-state index is 0. The maximum atomic E-state index is 13.2. The van der Waals surface area contributed by atoms with E-state index in [1.165, 1.54) is 12.8 Å². The lowest BCUT2D eigenvalue weighted by Gasteiger charge is -2.37. The number of nitrogens with one attached hydrogen (secondary N) is 1. The molecule has 6 nitrogen and oxygen atoms in total. The Morgan fingerprint density at radius 3 is 2.54 bits per heavy atom. The molecule has 1 amide bonds. The molecule has 3 saturated heterocycles. The van der Waals surface area contributed by atoms with Crippen LogP contribution in [-0.2, 0) is 4.79 Å². The topological polar surface area (TPSA) is 51.7 Å². The number of hydrogen-bond donors (Lipinski definition) is 1. The lowest BCUT2D eigenvalue weighted by molar-refractivity contribution is -0.135. The number of aromatic nitrogens is 1. The highest BCUT2D eigenvalue weighted by Crippen LogP contribution is 2.41. The van der Waals surface area contributed by atoms with Crippen molar-refractivity contribution in [2.24, 2.45) is 5.41 Å². The third-order valence-electron chi connectivity index (χ3n) is 6.32. The van der Waals surface area contributed by atoms with E-state index in [0.29, 0.717) is 16.3 Å². The molecule has 4 heterocycles. The van der Waals surface area contributed by atoms with Crippen LogP contribution in [0.2, 0.25) is 5.02 Å². The summed E-state index contributed by atoms with van der Waals surface area (Å²) in [6.07, 6.45) is 5.15. The molecule has 28 heavy (non-hydrogen) atoms. The van der Waals surface area contributed by atoms with Crippen LogP contribution < -0.4 is 10.2 Å². The van der Waals surface area contributed by atoms with Crippen molar-refractivity contribution in [3.05, 3.63) is 23.4 Å². The first-order valence-electron chi connectivity index (χ1n) is 9.63. The number of carbonyl (C=O) groups excluding carboxylic acids is 1. The van der Waals surface area contributed by atoms with Crippen LogP contribution >= 0.6 is 36.4 Å². The number of carbonyl (C=O) groups is 1. The fourth-order valence-electron chi connectivity index (χ4n) is 4.82. The molecule has 0 aliphatic carbocycles. The molecule has 1 unspecified atom stereocenters. The van der Waals surface area contributed by atoms with Crippen molar-refractivity contribution in [1.29, 1.82) is 0 Å². The highest BCUT2D eigenvalue weighted by Gasteiger charge is 2.46. The first-order valence-corrected chi connectivity index (χ1v) is 10.0. The molecule has 0 saturated carbocycles. The molecule has 0 bridgehead atoms. The average Bonchev–Trinajstić information content (AvgIpc) is 2.98. The van der Waals surface area contributed by atoms with Gasteiger partial charge in [0.25, 0.3) is 0 Å². The second-order valence-corrected chi connectivity index (χ2v) is 8.41. The number of piperazine rings is 1. The first-order chi connectivity index (χ1) is 12.6. The lowest BCUT2D eigenvalue weighted by atomic mass is 9.77. The molecule has 0 aromatic carbocycles.